The molecule has 0 saturated heterocycles. The van der Waals surface area contributed by atoms with E-state index in [4.69, 9.17) is 13.9 Å². The second-order valence-electron chi connectivity index (χ2n) is 5.06. The molecule has 1 N–H and O–H groups in total. The molecular formula is C15H13FN2O6. The molecule has 0 unspecified atom stereocenters. The zero-order valence-corrected chi connectivity index (χ0v) is 12.4. The Labute approximate surface area is 135 Å². The highest BCUT2D eigenvalue weighted by molar-refractivity contribution is 5.91. The second-order valence-corrected chi connectivity index (χ2v) is 5.06. The topological polar surface area (TPSA) is 104 Å². The number of furan rings is 1. The number of nitrogens with one attached hydrogen (secondary N) is 1. The molecule has 0 fully saturated rings. The Bertz CT molecular complexity index is 788. The van der Waals surface area contributed by atoms with Gasteiger partial charge in [-0.05, 0) is 30.2 Å². The minimum Gasteiger partial charge on any atom is -0.467 e. The van der Waals surface area contributed by atoms with Crippen molar-refractivity contribution in [3.63, 3.8) is 0 Å². The number of nitrogens with zero attached hydrogens (tertiary/aromatic N) is 1. The monoisotopic (exact) mass is 336 g/mol. The average Bonchev–Trinajstić information content (AvgIpc) is 3.05. The van der Waals surface area contributed by atoms with E-state index in [1.807, 2.05) is 0 Å². The van der Waals surface area contributed by atoms with E-state index in [9.17, 15) is 19.3 Å². The number of amides is 1. The number of carbonyl (C=O) groups is 1. The van der Waals surface area contributed by atoms with Crippen LogP contribution in [0.2, 0.25) is 0 Å². The molecule has 126 valence electrons. The first-order valence-corrected chi connectivity index (χ1v) is 7.09. The fourth-order valence-electron chi connectivity index (χ4n) is 2.39. The Hall–Kier alpha value is -2.94. The number of hydrogen-bond donors (Lipinski definition) is 1. The van der Waals surface area contributed by atoms with E-state index in [0.29, 0.717) is 23.3 Å². The van der Waals surface area contributed by atoms with Gasteiger partial charge in [0.05, 0.1) is 12.7 Å². The number of carbonyl (C=O) groups excluding carboxylic acids is 1. The lowest BCUT2D eigenvalue weighted by molar-refractivity contribution is -0.402. The summed E-state index contributed by atoms with van der Waals surface area (Å²) in [5.41, 5.74) is 1.23. The maximum atomic E-state index is 13.6. The summed E-state index contributed by atoms with van der Waals surface area (Å²) in [5.74, 6) is -1.10. The summed E-state index contributed by atoms with van der Waals surface area (Å²) < 4.78 is 28.9. The third-order valence-corrected chi connectivity index (χ3v) is 3.43. The van der Waals surface area contributed by atoms with Crippen molar-refractivity contribution in [2.24, 2.45) is 0 Å². The number of rotatable bonds is 5. The molecule has 1 aliphatic heterocycles. The molecule has 2 heterocycles. The lowest BCUT2D eigenvalue weighted by Gasteiger charge is -2.20. The van der Waals surface area contributed by atoms with Gasteiger partial charge in [0, 0.05) is 12.1 Å². The van der Waals surface area contributed by atoms with Crippen LogP contribution in [0, 0.1) is 15.9 Å². The van der Waals surface area contributed by atoms with E-state index < -0.39 is 22.5 Å². The SMILES string of the molecule is O=C(NCCc1cc(F)cc2c1OCOC2)c1ccc([N+](=O)[O-])o1. The van der Waals surface area contributed by atoms with Gasteiger partial charge in [-0.1, -0.05) is 0 Å². The van der Waals surface area contributed by atoms with Crippen LogP contribution >= 0.6 is 0 Å². The third kappa shape index (κ3) is 3.35. The molecule has 3 rings (SSSR count). The van der Waals surface area contributed by atoms with Crippen molar-refractivity contribution in [1.82, 2.24) is 5.32 Å². The van der Waals surface area contributed by atoms with Crippen LogP contribution in [0.25, 0.3) is 0 Å². The van der Waals surface area contributed by atoms with Crippen LogP contribution in [0.1, 0.15) is 21.7 Å². The standard InChI is InChI=1S/C15H13FN2O6/c16-11-5-9(14-10(6-11)7-22-8-23-14)3-4-17-15(19)12-1-2-13(24-12)18(20)21/h1-2,5-6H,3-4,7-8H2,(H,17,19). The van der Waals surface area contributed by atoms with E-state index in [1.165, 1.54) is 18.2 Å². The molecule has 0 spiro atoms. The van der Waals surface area contributed by atoms with E-state index in [0.717, 1.165) is 6.07 Å². The van der Waals surface area contributed by atoms with Gasteiger partial charge in [0.2, 0.25) is 0 Å². The number of halogens is 1. The van der Waals surface area contributed by atoms with Gasteiger partial charge in [-0.25, -0.2) is 4.39 Å². The van der Waals surface area contributed by atoms with Crippen molar-refractivity contribution in [2.45, 2.75) is 13.0 Å². The van der Waals surface area contributed by atoms with E-state index in [1.54, 1.807) is 0 Å². The summed E-state index contributed by atoms with van der Waals surface area (Å²) in [6.45, 7) is 0.546. The quantitative estimate of drug-likeness (QED) is 0.663. The summed E-state index contributed by atoms with van der Waals surface area (Å²) in [6, 6.07) is 5.01. The normalized spacial score (nSPS) is 13.0. The molecule has 2 aromatic rings. The fraction of sp³-hybridized carbons (Fsp3) is 0.267. The Balaban J connectivity index is 1.63. The maximum Gasteiger partial charge on any atom is 0.433 e. The molecule has 1 aromatic carbocycles. The number of hydrogen-bond acceptors (Lipinski definition) is 6. The molecule has 0 bridgehead atoms. The van der Waals surface area contributed by atoms with Crippen LogP contribution in [0.5, 0.6) is 5.75 Å². The first-order chi connectivity index (χ1) is 11.5. The van der Waals surface area contributed by atoms with Gasteiger partial charge in [-0.2, -0.15) is 0 Å². The van der Waals surface area contributed by atoms with Crippen LogP contribution in [-0.4, -0.2) is 24.2 Å². The molecule has 1 aliphatic rings. The number of ether oxygens (including phenoxy) is 2. The zero-order chi connectivity index (χ0) is 17.1. The highest BCUT2D eigenvalue weighted by Crippen LogP contribution is 2.29. The minimum absolute atomic E-state index is 0.0913. The summed E-state index contributed by atoms with van der Waals surface area (Å²) in [5, 5.41) is 13.1. The molecule has 1 aromatic heterocycles. The predicted octanol–water partition coefficient (Wildman–Crippen LogP) is 2.17. The fourth-order valence-corrected chi connectivity index (χ4v) is 2.39. The van der Waals surface area contributed by atoms with Gasteiger partial charge in [0.15, 0.2) is 12.6 Å². The molecule has 1 amide bonds. The van der Waals surface area contributed by atoms with Crippen LogP contribution in [0.3, 0.4) is 0 Å². The average molecular weight is 336 g/mol. The molecule has 9 heteroatoms. The lowest BCUT2D eigenvalue weighted by atomic mass is 10.1. The van der Waals surface area contributed by atoms with E-state index in [-0.39, 0.29) is 25.7 Å². The number of benzene rings is 1. The smallest absolute Gasteiger partial charge is 0.433 e. The lowest BCUT2D eigenvalue weighted by Crippen LogP contribution is -2.25. The van der Waals surface area contributed by atoms with Crippen LogP contribution in [0.15, 0.2) is 28.7 Å². The number of fused-ring (bicyclic) bond motifs is 1. The van der Waals surface area contributed by atoms with Gasteiger partial charge in [0.1, 0.15) is 16.5 Å². The van der Waals surface area contributed by atoms with Gasteiger partial charge in [-0.15, -0.1) is 0 Å². The molecule has 0 radical (unpaired) electrons. The molecule has 24 heavy (non-hydrogen) atoms. The van der Waals surface area contributed by atoms with Gasteiger partial charge < -0.3 is 19.2 Å². The molecule has 0 aliphatic carbocycles. The molecule has 8 nitrogen and oxygen atoms in total. The van der Waals surface area contributed by atoms with Gasteiger partial charge in [-0.3, -0.25) is 14.9 Å². The van der Waals surface area contributed by atoms with E-state index >= 15 is 0 Å². The van der Waals surface area contributed by atoms with Crippen molar-refractivity contribution < 1.29 is 28.0 Å². The molecule has 0 atom stereocenters. The minimum atomic E-state index is -0.727. The Morgan fingerprint density at radius 3 is 2.96 bits per heavy atom. The highest BCUT2D eigenvalue weighted by atomic mass is 19.1. The zero-order valence-electron chi connectivity index (χ0n) is 12.4. The summed E-state index contributed by atoms with van der Waals surface area (Å²) in [4.78, 5) is 21.7. The number of nitro groups is 1. The van der Waals surface area contributed by atoms with Crippen LogP contribution < -0.4 is 10.1 Å². The van der Waals surface area contributed by atoms with Crippen LogP contribution in [-0.2, 0) is 17.8 Å². The van der Waals surface area contributed by atoms with Crippen molar-refractivity contribution in [3.05, 3.63) is 57.1 Å². The maximum absolute atomic E-state index is 13.6. The summed E-state index contributed by atoms with van der Waals surface area (Å²) in [7, 11) is 0. The predicted molar refractivity (Wildman–Crippen MR) is 78.1 cm³/mol. The van der Waals surface area contributed by atoms with Crippen molar-refractivity contribution >= 4 is 11.8 Å². The Kier molecular flexibility index (Phi) is 4.43. The van der Waals surface area contributed by atoms with E-state index in [2.05, 4.69) is 5.32 Å². The van der Waals surface area contributed by atoms with Gasteiger partial charge >= 0.3 is 5.88 Å². The highest BCUT2D eigenvalue weighted by Gasteiger charge is 2.19. The van der Waals surface area contributed by atoms with Crippen molar-refractivity contribution in [3.8, 4) is 5.75 Å². The largest absolute Gasteiger partial charge is 0.467 e. The van der Waals surface area contributed by atoms with Crippen molar-refractivity contribution in [1.29, 1.82) is 0 Å². The van der Waals surface area contributed by atoms with Crippen molar-refractivity contribution in [2.75, 3.05) is 13.3 Å². The summed E-state index contributed by atoms with van der Waals surface area (Å²) in [6.07, 6.45) is 0.328. The second kappa shape index (κ2) is 6.67. The molecular weight excluding hydrogens is 323 g/mol. The third-order valence-electron chi connectivity index (χ3n) is 3.43. The summed E-state index contributed by atoms with van der Waals surface area (Å²) >= 11 is 0. The van der Waals surface area contributed by atoms with Gasteiger partial charge in [0.25, 0.3) is 5.91 Å². The Morgan fingerprint density at radius 2 is 2.21 bits per heavy atom. The first kappa shape index (κ1) is 15.9. The first-order valence-electron chi connectivity index (χ1n) is 7.09. The van der Waals surface area contributed by atoms with Crippen LogP contribution in [0.4, 0.5) is 10.3 Å². The molecule has 0 saturated carbocycles. The Morgan fingerprint density at radius 1 is 1.38 bits per heavy atom.